The molecule has 1 heterocycles. The van der Waals surface area contributed by atoms with E-state index < -0.39 is 0 Å². The van der Waals surface area contributed by atoms with E-state index in [9.17, 15) is 0 Å². The summed E-state index contributed by atoms with van der Waals surface area (Å²) in [6.45, 7) is 6.77. The van der Waals surface area contributed by atoms with Crippen LogP contribution in [0.1, 0.15) is 51.9 Å². The average molecular weight is 223 g/mol. The summed E-state index contributed by atoms with van der Waals surface area (Å²) in [4.78, 5) is 0. The van der Waals surface area contributed by atoms with E-state index in [1.165, 1.54) is 19.3 Å². The molecule has 90 valence electrons. The lowest BCUT2D eigenvalue weighted by Crippen LogP contribution is -2.38. The molecule has 0 aliphatic heterocycles. The van der Waals surface area contributed by atoms with Crippen LogP contribution in [0, 0.1) is 11.8 Å². The van der Waals surface area contributed by atoms with Crippen molar-refractivity contribution in [3.8, 4) is 0 Å². The SMILES string of the molecule is CC1CC(C)CC(NC(C)c2nn[nH]n2)C1. The second-order valence-corrected chi connectivity index (χ2v) is 5.27. The van der Waals surface area contributed by atoms with Gasteiger partial charge in [0.2, 0.25) is 0 Å². The molecule has 2 N–H and O–H groups in total. The summed E-state index contributed by atoms with van der Waals surface area (Å²) >= 11 is 0. The molecule has 0 radical (unpaired) electrons. The van der Waals surface area contributed by atoms with Crippen LogP contribution in [0.3, 0.4) is 0 Å². The predicted molar refractivity (Wildman–Crippen MR) is 61.7 cm³/mol. The zero-order chi connectivity index (χ0) is 11.5. The van der Waals surface area contributed by atoms with Crippen molar-refractivity contribution in [1.82, 2.24) is 25.9 Å². The highest BCUT2D eigenvalue weighted by Crippen LogP contribution is 2.29. The maximum absolute atomic E-state index is 4.01. The zero-order valence-corrected chi connectivity index (χ0v) is 10.3. The number of aromatic amines is 1. The molecular formula is C11H21N5. The van der Waals surface area contributed by atoms with Crippen molar-refractivity contribution in [3.05, 3.63) is 5.82 Å². The van der Waals surface area contributed by atoms with E-state index in [0.717, 1.165) is 17.7 Å². The van der Waals surface area contributed by atoms with E-state index in [1.54, 1.807) is 0 Å². The van der Waals surface area contributed by atoms with Gasteiger partial charge in [-0.1, -0.05) is 19.1 Å². The summed E-state index contributed by atoms with van der Waals surface area (Å²) in [6.07, 6.45) is 3.87. The third kappa shape index (κ3) is 2.78. The van der Waals surface area contributed by atoms with Crippen LogP contribution in [0.25, 0.3) is 0 Å². The van der Waals surface area contributed by atoms with Crippen LogP contribution in [-0.2, 0) is 0 Å². The van der Waals surface area contributed by atoms with Gasteiger partial charge in [-0.2, -0.15) is 5.21 Å². The molecule has 3 unspecified atom stereocenters. The zero-order valence-electron chi connectivity index (χ0n) is 10.3. The van der Waals surface area contributed by atoms with E-state index in [1.807, 2.05) is 0 Å². The summed E-state index contributed by atoms with van der Waals surface area (Å²) in [7, 11) is 0. The van der Waals surface area contributed by atoms with E-state index >= 15 is 0 Å². The highest BCUT2D eigenvalue weighted by molar-refractivity contribution is 4.90. The Labute approximate surface area is 96.4 Å². The predicted octanol–water partition coefficient (Wildman–Crippen LogP) is 1.67. The van der Waals surface area contributed by atoms with Gasteiger partial charge in [0.25, 0.3) is 0 Å². The third-order valence-electron chi connectivity index (χ3n) is 3.41. The number of aromatic nitrogens is 4. The summed E-state index contributed by atoms with van der Waals surface area (Å²) in [5.41, 5.74) is 0. The highest BCUT2D eigenvalue weighted by atomic mass is 15.5. The molecule has 1 aliphatic carbocycles. The molecular weight excluding hydrogens is 202 g/mol. The lowest BCUT2D eigenvalue weighted by molar-refractivity contribution is 0.227. The molecule has 5 heteroatoms. The van der Waals surface area contributed by atoms with Gasteiger partial charge < -0.3 is 5.32 Å². The topological polar surface area (TPSA) is 66.5 Å². The van der Waals surface area contributed by atoms with Crippen molar-refractivity contribution in [2.75, 3.05) is 0 Å². The minimum absolute atomic E-state index is 0.182. The van der Waals surface area contributed by atoms with Crippen molar-refractivity contribution in [3.63, 3.8) is 0 Å². The van der Waals surface area contributed by atoms with E-state index in [4.69, 9.17) is 0 Å². The van der Waals surface area contributed by atoms with Gasteiger partial charge in [-0.3, -0.25) is 0 Å². The van der Waals surface area contributed by atoms with Crippen LogP contribution in [0.4, 0.5) is 0 Å². The molecule has 16 heavy (non-hydrogen) atoms. The van der Waals surface area contributed by atoms with Gasteiger partial charge in [0.15, 0.2) is 5.82 Å². The Morgan fingerprint density at radius 2 is 1.94 bits per heavy atom. The van der Waals surface area contributed by atoms with Crippen LogP contribution in [0.15, 0.2) is 0 Å². The maximum atomic E-state index is 4.01. The van der Waals surface area contributed by atoms with E-state index in [-0.39, 0.29) is 6.04 Å². The normalized spacial score (nSPS) is 32.6. The molecule has 1 aliphatic rings. The molecule has 2 rings (SSSR count). The number of nitrogens with zero attached hydrogens (tertiary/aromatic N) is 3. The second-order valence-electron chi connectivity index (χ2n) is 5.27. The quantitative estimate of drug-likeness (QED) is 0.818. The second kappa shape index (κ2) is 4.91. The number of nitrogens with one attached hydrogen (secondary N) is 2. The van der Waals surface area contributed by atoms with Crippen molar-refractivity contribution in [2.24, 2.45) is 11.8 Å². The summed E-state index contributed by atoms with van der Waals surface area (Å²) in [6, 6.07) is 0.772. The number of hydrogen-bond donors (Lipinski definition) is 2. The van der Waals surface area contributed by atoms with E-state index in [0.29, 0.717) is 6.04 Å². The van der Waals surface area contributed by atoms with Gasteiger partial charge in [0, 0.05) is 6.04 Å². The van der Waals surface area contributed by atoms with Crippen LogP contribution in [0.2, 0.25) is 0 Å². The van der Waals surface area contributed by atoms with Gasteiger partial charge in [0.1, 0.15) is 0 Å². The summed E-state index contributed by atoms with van der Waals surface area (Å²) < 4.78 is 0. The Morgan fingerprint density at radius 1 is 1.25 bits per heavy atom. The highest BCUT2D eigenvalue weighted by Gasteiger charge is 2.25. The molecule has 1 aromatic rings. The fraction of sp³-hybridized carbons (Fsp3) is 0.909. The van der Waals surface area contributed by atoms with Crippen molar-refractivity contribution >= 4 is 0 Å². The largest absolute Gasteiger partial charge is 0.305 e. The first kappa shape index (κ1) is 11.5. The van der Waals surface area contributed by atoms with Gasteiger partial charge >= 0.3 is 0 Å². The van der Waals surface area contributed by atoms with Crippen LogP contribution in [0.5, 0.6) is 0 Å². The number of rotatable bonds is 3. The Morgan fingerprint density at radius 3 is 2.50 bits per heavy atom. The number of H-pyrrole nitrogens is 1. The van der Waals surface area contributed by atoms with E-state index in [2.05, 4.69) is 46.7 Å². The first-order chi connectivity index (χ1) is 7.65. The van der Waals surface area contributed by atoms with Crippen molar-refractivity contribution in [1.29, 1.82) is 0 Å². The average Bonchev–Trinajstić information content (AvgIpc) is 2.68. The molecule has 3 atom stereocenters. The number of hydrogen-bond acceptors (Lipinski definition) is 4. The smallest absolute Gasteiger partial charge is 0.191 e. The molecule has 0 saturated heterocycles. The minimum Gasteiger partial charge on any atom is -0.305 e. The van der Waals surface area contributed by atoms with Crippen molar-refractivity contribution < 1.29 is 0 Å². The summed E-state index contributed by atoms with van der Waals surface area (Å²) in [5.74, 6) is 2.39. The molecule has 0 amide bonds. The Balaban J connectivity index is 1.89. The lowest BCUT2D eigenvalue weighted by atomic mass is 9.80. The standard InChI is InChI=1S/C11H21N5/c1-7-4-8(2)6-10(5-7)12-9(3)11-13-15-16-14-11/h7-10,12H,4-6H2,1-3H3,(H,13,14,15,16). The van der Waals surface area contributed by atoms with Crippen molar-refractivity contribution in [2.45, 2.75) is 52.1 Å². The molecule has 1 aromatic heterocycles. The first-order valence-electron chi connectivity index (χ1n) is 6.14. The molecule has 0 spiro atoms. The van der Waals surface area contributed by atoms with Gasteiger partial charge in [-0.25, -0.2) is 0 Å². The summed E-state index contributed by atoms with van der Waals surface area (Å²) in [5, 5.41) is 17.7. The fourth-order valence-corrected chi connectivity index (χ4v) is 2.86. The molecule has 5 nitrogen and oxygen atoms in total. The van der Waals surface area contributed by atoms with Gasteiger partial charge in [-0.05, 0) is 38.0 Å². The monoisotopic (exact) mass is 223 g/mol. The molecule has 1 saturated carbocycles. The fourth-order valence-electron chi connectivity index (χ4n) is 2.86. The third-order valence-corrected chi connectivity index (χ3v) is 3.41. The van der Waals surface area contributed by atoms with Crippen LogP contribution in [-0.4, -0.2) is 26.7 Å². The minimum atomic E-state index is 0.182. The Kier molecular flexibility index (Phi) is 3.53. The van der Waals surface area contributed by atoms with Crippen LogP contribution >= 0.6 is 0 Å². The molecule has 0 aromatic carbocycles. The number of tetrazole rings is 1. The van der Waals surface area contributed by atoms with Gasteiger partial charge in [0.05, 0.1) is 6.04 Å². The van der Waals surface area contributed by atoms with Gasteiger partial charge in [-0.15, -0.1) is 10.2 Å². The lowest BCUT2D eigenvalue weighted by Gasteiger charge is -2.33. The van der Waals surface area contributed by atoms with Crippen LogP contribution < -0.4 is 5.32 Å². The first-order valence-corrected chi connectivity index (χ1v) is 6.14. The Hall–Kier alpha value is -0.970. The molecule has 1 fully saturated rings. The Bertz CT molecular complexity index is 300. The maximum Gasteiger partial charge on any atom is 0.191 e. The molecule has 0 bridgehead atoms.